The van der Waals surface area contributed by atoms with Gasteiger partial charge < -0.3 is 20.7 Å². The summed E-state index contributed by atoms with van der Waals surface area (Å²) in [4.78, 5) is 7.26. The second-order valence-corrected chi connectivity index (χ2v) is 6.60. The van der Waals surface area contributed by atoms with Gasteiger partial charge in [-0.25, -0.2) is 4.98 Å². The molecule has 1 atom stereocenters. The second-order valence-electron chi connectivity index (χ2n) is 6.60. The highest BCUT2D eigenvalue weighted by atomic mass is 16.5. The zero-order chi connectivity index (χ0) is 16.5. The average Bonchev–Trinajstić information content (AvgIpc) is 3.05. The van der Waals surface area contributed by atoms with Gasteiger partial charge in [-0.15, -0.1) is 0 Å². The van der Waals surface area contributed by atoms with Crippen LogP contribution in [0, 0.1) is 6.92 Å². The third kappa shape index (κ3) is 2.85. The van der Waals surface area contributed by atoms with E-state index < -0.39 is 0 Å². The van der Waals surface area contributed by atoms with Crippen LogP contribution in [0.4, 0.5) is 5.82 Å². The molecule has 0 amide bonds. The second kappa shape index (κ2) is 6.42. The van der Waals surface area contributed by atoms with Gasteiger partial charge in [0.25, 0.3) is 0 Å². The van der Waals surface area contributed by atoms with Crippen LogP contribution in [0.5, 0.6) is 5.75 Å². The number of hydrogen-bond acceptors (Lipinski definition) is 5. The molecule has 0 radical (unpaired) electrons. The molecule has 1 unspecified atom stereocenters. The average molecular weight is 324 g/mol. The van der Waals surface area contributed by atoms with E-state index in [9.17, 15) is 0 Å². The highest BCUT2D eigenvalue weighted by Crippen LogP contribution is 2.39. The number of aromatic nitrogens is 1. The van der Waals surface area contributed by atoms with Crippen LogP contribution in [0.3, 0.4) is 0 Å². The number of aryl methyl sites for hydroxylation is 1. The molecular formula is C19H24N4O. The van der Waals surface area contributed by atoms with Crippen LogP contribution < -0.4 is 20.7 Å². The first-order valence-electron chi connectivity index (χ1n) is 8.68. The third-order valence-electron chi connectivity index (χ3n) is 4.76. The van der Waals surface area contributed by atoms with Gasteiger partial charge in [-0.2, -0.15) is 0 Å². The third-order valence-corrected chi connectivity index (χ3v) is 4.76. The number of nitrogens with two attached hydrogens (primary N) is 1. The molecule has 24 heavy (non-hydrogen) atoms. The van der Waals surface area contributed by atoms with Crippen molar-refractivity contribution < 1.29 is 4.74 Å². The summed E-state index contributed by atoms with van der Waals surface area (Å²) < 4.78 is 6.09. The lowest BCUT2D eigenvalue weighted by molar-refractivity contribution is 0.242. The first-order valence-corrected chi connectivity index (χ1v) is 8.68. The summed E-state index contributed by atoms with van der Waals surface area (Å²) in [6, 6.07) is 10.6. The molecule has 126 valence electrons. The molecule has 0 bridgehead atoms. The number of ether oxygens (including phenoxy) is 1. The highest BCUT2D eigenvalue weighted by molar-refractivity contribution is 5.72. The van der Waals surface area contributed by atoms with E-state index in [4.69, 9.17) is 15.5 Å². The zero-order valence-electron chi connectivity index (χ0n) is 14.1. The minimum Gasteiger partial charge on any atom is -0.488 e. The molecule has 0 aliphatic carbocycles. The van der Waals surface area contributed by atoms with Gasteiger partial charge in [0.05, 0.1) is 5.69 Å². The summed E-state index contributed by atoms with van der Waals surface area (Å²) in [5.74, 6) is 2.00. The Balaban J connectivity index is 1.72. The van der Waals surface area contributed by atoms with Crippen molar-refractivity contribution in [3.8, 4) is 17.0 Å². The Bertz CT molecular complexity index is 740. The first-order chi connectivity index (χ1) is 11.7. The quantitative estimate of drug-likeness (QED) is 0.900. The van der Waals surface area contributed by atoms with Crippen LogP contribution in [-0.2, 0) is 6.42 Å². The van der Waals surface area contributed by atoms with Crippen molar-refractivity contribution >= 4 is 5.82 Å². The maximum absolute atomic E-state index is 6.09. The Kier molecular flexibility index (Phi) is 4.12. The number of anilines is 1. The van der Waals surface area contributed by atoms with Crippen LogP contribution in [0.15, 0.2) is 30.3 Å². The van der Waals surface area contributed by atoms with Crippen LogP contribution in [0.1, 0.15) is 11.1 Å². The molecule has 1 aromatic heterocycles. The van der Waals surface area contributed by atoms with Crippen molar-refractivity contribution in [3.05, 3.63) is 41.5 Å². The lowest BCUT2D eigenvalue weighted by Crippen LogP contribution is -2.43. The van der Waals surface area contributed by atoms with E-state index in [1.807, 2.05) is 0 Å². The monoisotopic (exact) mass is 324 g/mol. The van der Waals surface area contributed by atoms with Gasteiger partial charge >= 0.3 is 0 Å². The Labute approximate surface area is 142 Å². The lowest BCUT2D eigenvalue weighted by atomic mass is 10.0. The minimum absolute atomic E-state index is 0.0805. The molecule has 2 aromatic rings. The molecule has 0 spiro atoms. The maximum Gasteiger partial charge on any atom is 0.132 e. The predicted molar refractivity (Wildman–Crippen MR) is 96.7 cm³/mol. The zero-order valence-corrected chi connectivity index (χ0v) is 14.1. The number of nitrogens with one attached hydrogen (secondary N) is 1. The van der Waals surface area contributed by atoms with Crippen molar-refractivity contribution in [2.45, 2.75) is 19.4 Å². The Morgan fingerprint density at radius 2 is 2.12 bits per heavy atom. The first kappa shape index (κ1) is 15.4. The van der Waals surface area contributed by atoms with Crippen LogP contribution in [-0.4, -0.2) is 43.8 Å². The summed E-state index contributed by atoms with van der Waals surface area (Å²) in [5, 5.41) is 3.38. The number of rotatable bonds is 3. The standard InChI is InChI=1S/C19H24N4O/c1-13-9-14-11-15(12-20)24-19(14)16(10-13)17-3-2-4-18(22-17)23-7-5-21-6-8-23/h2-4,9-10,15,21H,5-8,11-12,20H2,1H3. The Morgan fingerprint density at radius 3 is 2.92 bits per heavy atom. The number of hydrogen-bond donors (Lipinski definition) is 2. The fourth-order valence-electron chi connectivity index (χ4n) is 3.56. The normalized spacial score (nSPS) is 19.9. The molecule has 1 aromatic carbocycles. The van der Waals surface area contributed by atoms with E-state index in [0.29, 0.717) is 6.54 Å². The van der Waals surface area contributed by atoms with Crippen molar-refractivity contribution in [3.63, 3.8) is 0 Å². The van der Waals surface area contributed by atoms with Gasteiger partial charge in [-0.3, -0.25) is 0 Å². The van der Waals surface area contributed by atoms with E-state index in [1.54, 1.807) is 0 Å². The molecule has 3 heterocycles. The van der Waals surface area contributed by atoms with E-state index in [2.05, 4.69) is 47.5 Å². The fraction of sp³-hybridized carbons (Fsp3) is 0.421. The number of pyridine rings is 1. The molecule has 1 saturated heterocycles. The molecule has 2 aliphatic rings. The topological polar surface area (TPSA) is 63.4 Å². The molecule has 3 N–H and O–H groups in total. The van der Waals surface area contributed by atoms with Gasteiger partial charge in [-0.1, -0.05) is 12.1 Å². The number of piperazine rings is 1. The summed E-state index contributed by atoms with van der Waals surface area (Å²) in [5.41, 5.74) is 10.3. The summed E-state index contributed by atoms with van der Waals surface area (Å²) in [6.07, 6.45) is 0.967. The van der Waals surface area contributed by atoms with Gasteiger partial charge in [0.2, 0.25) is 0 Å². The summed E-state index contributed by atoms with van der Waals surface area (Å²) in [7, 11) is 0. The van der Waals surface area contributed by atoms with Crippen molar-refractivity contribution in [1.82, 2.24) is 10.3 Å². The summed E-state index contributed by atoms with van der Waals surface area (Å²) >= 11 is 0. The number of nitrogens with zero attached hydrogens (tertiary/aromatic N) is 2. The van der Waals surface area contributed by atoms with Crippen molar-refractivity contribution in [2.75, 3.05) is 37.6 Å². The van der Waals surface area contributed by atoms with E-state index >= 15 is 0 Å². The van der Waals surface area contributed by atoms with E-state index in [0.717, 1.165) is 55.4 Å². The van der Waals surface area contributed by atoms with Gasteiger partial charge in [0, 0.05) is 44.7 Å². The largest absolute Gasteiger partial charge is 0.488 e. The lowest BCUT2D eigenvalue weighted by Gasteiger charge is -2.28. The smallest absolute Gasteiger partial charge is 0.132 e. The highest BCUT2D eigenvalue weighted by Gasteiger charge is 2.26. The fourth-order valence-corrected chi connectivity index (χ4v) is 3.56. The SMILES string of the molecule is Cc1cc2c(c(-c3cccc(N4CCNCC4)n3)c1)OC(CN)C2. The van der Waals surface area contributed by atoms with Crippen molar-refractivity contribution in [1.29, 1.82) is 0 Å². The molecule has 0 saturated carbocycles. The molecule has 2 aliphatic heterocycles. The molecular weight excluding hydrogens is 300 g/mol. The molecule has 1 fully saturated rings. The number of fused-ring (bicyclic) bond motifs is 1. The molecule has 5 nitrogen and oxygen atoms in total. The van der Waals surface area contributed by atoms with Crippen LogP contribution >= 0.6 is 0 Å². The van der Waals surface area contributed by atoms with Gasteiger partial charge in [0.15, 0.2) is 0 Å². The van der Waals surface area contributed by atoms with Gasteiger partial charge in [-0.05, 0) is 36.2 Å². The maximum atomic E-state index is 6.09. The predicted octanol–water partition coefficient (Wildman–Crippen LogP) is 1.73. The van der Waals surface area contributed by atoms with Crippen LogP contribution in [0.2, 0.25) is 0 Å². The number of benzene rings is 1. The van der Waals surface area contributed by atoms with Crippen molar-refractivity contribution in [2.24, 2.45) is 5.73 Å². The molecule has 5 heteroatoms. The van der Waals surface area contributed by atoms with Crippen LogP contribution in [0.25, 0.3) is 11.3 Å². The Hall–Kier alpha value is -2.11. The minimum atomic E-state index is 0.0805. The molecule has 4 rings (SSSR count). The summed E-state index contributed by atoms with van der Waals surface area (Å²) in [6.45, 7) is 6.67. The Morgan fingerprint density at radius 1 is 1.29 bits per heavy atom. The van der Waals surface area contributed by atoms with E-state index in [-0.39, 0.29) is 6.10 Å². The van der Waals surface area contributed by atoms with E-state index in [1.165, 1.54) is 11.1 Å². The van der Waals surface area contributed by atoms with Gasteiger partial charge in [0.1, 0.15) is 17.7 Å².